The van der Waals surface area contributed by atoms with Crippen LogP contribution < -0.4 is 63.0 Å². The second-order valence-corrected chi connectivity index (χ2v) is 1.64. The summed E-state index contributed by atoms with van der Waals surface area (Å²) in [5.41, 5.74) is 4.94. The molecule has 0 fully saturated rings. The minimum Gasteiger partial charge on any atom is -1.00 e. The molecule has 0 radical (unpaired) electrons. The van der Waals surface area contributed by atoms with Crippen molar-refractivity contribution < 1.29 is 72.3 Å². The molecule has 0 saturated heterocycles. The van der Waals surface area contributed by atoms with Crippen LogP contribution in [0.2, 0.25) is 0 Å². The van der Waals surface area contributed by atoms with Crippen molar-refractivity contribution >= 4 is 11.9 Å². The predicted molar refractivity (Wildman–Crippen MR) is 31.6 cm³/mol. The molecule has 0 aromatic rings. The molecule has 7 heteroatoms. The van der Waals surface area contributed by atoms with Crippen LogP contribution in [-0.2, 0) is 14.4 Å². The van der Waals surface area contributed by atoms with E-state index in [4.69, 9.17) is 10.8 Å². The van der Waals surface area contributed by atoms with Crippen molar-refractivity contribution in [1.29, 1.82) is 0 Å². The molecule has 0 aliphatic carbocycles. The molecule has 0 heterocycles. The van der Waals surface area contributed by atoms with Crippen LogP contribution in [0.3, 0.4) is 0 Å². The summed E-state index contributed by atoms with van der Waals surface area (Å²) in [5, 5.41) is 8.15. The van der Waals surface area contributed by atoms with Gasteiger partial charge in [-0.05, 0) is 0 Å². The van der Waals surface area contributed by atoms with Crippen molar-refractivity contribution in [3.8, 4) is 0 Å². The van der Waals surface area contributed by atoms with Crippen LogP contribution in [0.1, 0.15) is 7.85 Å². The number of carboxylic acid groups (broad SMARTS) is 1. The molecule has 0 aliphatic rings. The van der Waals surface area contributed by atoms with Crippen molar-refractivity contribution in [2.24, 2.45) is 11.6 Å². The first-order valence-corrected chi connectivity index (χ1v) is 2.46. The molecule has 0 rings (SSSR count). The van der Waals surface area contributed by atoms with Crippen LogP contribution in [0, 0.1) is 0 Å². The zero-order chi connectivity index (χ0) is 8.15. The summed E-state index contributed by atoms with van der Waals surface area (Å²) >= 11 is 0. The van der Waals surface area contributed by atoms with Crippen molar-refractivity contribution in [1.82, 2.24) is 0 Å². The Labute approximate surface area is 107 Å². The molecule has 0 bridgehead atoms. The predicted octanol–water partition coefficient (Wildman–Crippen LogP) is -4.68. The summed E-state index contributed by atoms with van der Waals surface area (Å²) in [4.78, 5) is 23.9. The van der Waals surface area contributed by atoms with Crippen LogP contribution in [0.5, 0.6) is 0 Å². The van der Waals surface area contributed by atoms with Gasteiger partial charge in [0.15, 0.2) is 0 Å². The monoisotopic (exact) mass is 188 g/mol. The summed E-state index contributed by atoms with van der Waals surface area (Å²) in [6.45, 7) is 0. The van der Waals surface area contributed by atoms with Gasteiger partial charge in [0.05, 0.1) is 6.42 Å². The van der Waals surface area contributed by atoms with Crippen molar-refractivity contribution in [3.63, 3.8) is 0 Å². The van der Waals surface area contributed by atoms with E-state index in [9.17, 15) is 9.59 Å². The third kappa shape index (κ3) is 6.88. The van der Waals surface area contributed by atoms with Gasteiger partial charge in [-0.2, -0.15) is 5.90 Å². The maximum Gasteiger partial charge on any atom is 1.00 e. The van der Waals surface area contributed by atoms with E-state index in [1.54, 1.807) is 0 Å². The summed E-state index contributed by atoms with van der Waals surface area (Å²) in [7, 11) is 0. The van der Waals surface area contributed by atoms with Gasteiger partial charge in [0.25, 0.3) is 0 Å². The van der Waals surface area contributed by atoms with Gasteiger partial charge in [-0.25, -0.2) is 0 Å². The average Bonchev–Trinajstić information content (AvgIpc) is 1.87. The summed E-state index contributed by atoms with van der Waals surface area (Å²) in [6.07, 6.45) is -0.411. The Kier molecular flexibility index (Phi) is 9.14. The average molecular weight is 188 g/mol. The normalized spacial score (nSPS) is 11.1. The molecule has 0 aliphatic heterocycles. The third-order valence-electron chi connectivity index (χ3n) is 0.835. The quantitative estimate of drug-likeness (QED) is 0.303. The Hall–Kier alpha value is 0.496. The van der Waals surface area contributed by atoms with Crippen molar-refractivity contribution in [2.75, 3.05) is 0 Å². The zero-order valence-corrected chi connectivity index (χ0v) is 9.23. The van der Waals surface area contributed by atoms with Gasteiger partial charge >= 0.3 is 63.3 Å². The van der Waals surface area contributed by atoms with E-state index in [2.05, 4.69) is 10.7 Å². The molecule has 5 N–H and O–H groups in total. The fourth-order valence-electron chi connectivity index (χ4n) is 0.315. The minimum atomic E-state index is -1.26. The molecule has 0 unspecified atom stereocenters. The van der Waals surface area contributed by atoms with E-state index in [0.29, 0.717) is 0 Å². The summed E-state index contributed by atoms with van der Waals surface area (Å²) < 4.78 is 0. The van der Waals surface area contributed by atoms with Gasteiger partial charge in [-0.1, -0.05) is 0 Å². The van der Waals surface area contributed by atoms with Crippen LogP contribution in [0.25, 0.3) is 0 Å². The van der Waals surface area contributed by atoms with E-state index in [1.807, 2.05) is 0 Å². The van der Waals surface area contributed by atoms with Crippen molar-refractivity contribution in [2.45, 2.75) is 12.5 Å². The van der Waals surface area contributed by atoms with Crippen molar-refractivity contribution in [3.05, 3.63) is 0 Å². The molecule has 1 atom stereocenters. The molecule has 0 aromatic carbocycles. The third-order valence-corrected chi connectivity index (χ3v) is 0.835. The zero-order valence-electron chi connectivity index (χ0n) is 7.11. The van der Waals surface area contributed by atoms with Crippen LogP contribution in [-0.4, -0.2) is 23.1 Å². The first-order chi connectivity index (χ1) is 4.57. The van der Waals surface area contributed by atoms with Crippen LogP contribution >= 0.6 is 0 Å². The SMILES string of the molecule is NOC(=O)C[C@H](N)C(=O)O.[H-].[K+]. The first kappa shape index (κ1) is 14.0. The molecule has 0 aromatic heterocycles. The number of rotatable bonds is 3. The number of carboxylic acids is 1. The molecule has 0 saturated carbocycles. The van der Waals surface area contributed by atoms with Crippen LogP contribution in [0.4, 0.5) is 0 Å². The number of hydrogen-bond donors (Lipinski definition) is 3. The topological polar surface area (TPSA) is 116 Å². The largest absolute Gasteiger partial charge is 1.00 e. The Morgan fingerprint density at radius 2 is 2.09 bits per heavy atom. The number of carbonyl (C=O) groups is 2. The van der Waals surface area contributed by atoms with Gasteiger partial charge in [0.2, 0.25) is 0 Å². The molecule has 0 amide bonds. The van der Waals surface area contributed by atoms with E-state index in [-0.39, 0.29) is 52.8 Å². The number of aliphatic carboxylic acids is 1. The number of carbonyl (C=O) groups excluding carboxylic acids is 1. The second kappa shape index (κ2) is 7.16. The smallest absolute Gasteiger partial charge is 1.00 e. The van der Waals surface area contributed by atoms with E-state index in [0.717, 1.165) is 0 Å². The van der Waals surface area contributed by atoms with Gasteiger partial charge in [-0.3, -0.25) is 9.59 Å². The van der Waals surface area contributed by atoms with E-state index >= 15 is 0 Å². The minimum absolute atomic E-state index is 0. The molecule has 0 spiro atoms. The van der Waals surface area contributed by atoms with Gasteiger partial charge < -0.3 is 17.1 Å². The molecule has 60 valence electrons. The molecular weight excluding hydrogens is 179 g/mol. The maximum atomic E-state index is 10.2. The van der Waals surface area contributed by atoms with E-state index < -0.39 is 24.4 Å². The Balaban J connectivity index is -0.000000405. The Bertz CT molecular complexity index is 156. The first-order valence-electron chi connectivity index (χ1n) is 2.46. The van der Waals surface area contributed by atoms with Gasteiger partial charge in [-0.15, -0.1) is 0 Å². The summed E-state index contributed by atoms with van der Waals surface area (Å²) in [6, 6.07) is -1.24. The standard InChI is InChI=1S/C4H8N2O4.K.H/c5-2(4(8)9)1-3(7)10-6;;/h2H,1,5-6H2,(H,8,9);;/q;+1;-1/t2-;;/m0../s1. The fourth-order valence-corrected chi connectivity index (χ4v) is 0.315. The Morgan fingerprint density at radius 3 is 2.36 bits per heavy atom. The van der Waals surface area contributed by atoms with Gasteiger partial charge in [0.1, 0.15) is 6.04 Å². The van der Waals surface area contributed by atoms with Crippen LogP contribution in [0.15, 0.2) is 0 Å². The van der Waals surface area contributed by atoms with E-state index in [1.165, 1.54) is 0 Å². The molecule has 11 heavy (non-hydrogen) atoms. The maximum absolute atomic E-state index is 10.2. The summed E-state index contributed by atoms with van der Waals surface area (Å²) in [5.74, 6) is 2.33. The second-order valence-electron chi connectivity index (χ2n) is 1.64. The fraction of sp³-hybridized carbons (Fsp3) is 0.500. The number of nitrogens with two attached hydrogens (primary N) is 2. The Morgan fingerprint density at radius 1 is 1.64 bits per heavy atom. The number of hydrogen-bond acceptors (Lipinski definition) is 5. The molecular formula is C4H9KN2O4. The molecule has 6 nitrogen and oxygen atoms in total. The van der Waals surface area contributed by atoms with Gasteiger partial charge in [0, 0.05) is 0 Å².